The number of H-pyrrole nitrogens is 1. The Hall–Kier alpha value is -2.37. The van der Waals surface area contributed by atoms with Gasteiger partial charge in [-0.25, -0.2) is 4.79 Å². The van der Waals surface area contributed by atoms with E-state index in [0.29, 0.717) is 11.3 Å². The molecule has 0 radical (unpaired) electrons. The van der Waals surface area contributed by atoms with Gasteiger partial charge in [-0.05, 0) is 30.7 Å². The van der Waals surface area contributed by atoms with Gasteiger partial charge in [0.05, 0.1) is 5.52 Å². The molecule has 134 valence electrons. The fourth-order valence-corrected chi connectivity index (χ4v) is 3.33. The van der Waals surface area contributed by atoms with Crippen LogP contribution in [0.4, 0.5) is 0 Å². The number of nitrogens with zero attached hydrogens (tertiary/aromatic N) is 2. The maximum Gasteiger partial charge on any atom is 0.360 e. The molecule has 1 aliphatic heterocycles. The number of hydrogen-bond acceptors (Lipinski definition) is 4. The lowest BCUT2D eigenvalue weighted by molar-refractivity contribution is -0.144. The van der Waals surface area contributed by atoms with Crippen LogP contribution in [0.25, 0.3) is 10.9 Å². The van der Waals surface area contributed by atoms with Crippen LogP contribution in [0.3, 0.4) is 0 Å². The van der Waals surface area contributed by atoms with Gasteiger partial charge in [0, 0.05) is 18.5 Å². The van der Waals surface area contributed by atoms with Crippen LogP contribution in [0, 0.1) is 11.8 Å². The second kappa shape index (κ2) is 7.25. The number of aromatic amines is 1. The minimum absolute atomic E-state index is 0.0983. The first-order valence-corrected chi connectivity index (χ1v) is 8.90. The van der Waals surface area contributed by atoms with E-state index < -0.39 is 12.1 Å². The Morgan fingerprint density at radius 2 is 2.08 bits per heavy atom. The summed E-state index contributed by atoms with van der Waals surface area (Å²) in [6, 6.07) is 7.37. The van der Waals surface area contributed by atoms with Crippen molar-refractivity contribution in [1.82, 2.24) is 15.1 Å². The minimum atomic E-state index is -0.784. The van der Waals surface area contributed by atoms with Gasteiger partial charge >= 0.3 is 5.97 Å². The van der Waals surface area contributed by atoms with Gasteiger partial charge < -0.3 is 9.64 Å². The molecule has 2 heterocycles. The summed E-state index contributed by atoms with van der Waals surface area (Å²) in [6.45, 7) is 7.39. The third-order valence-electron chi connectivity index (χ3n) is 4.72. The normalized spacial score (nSPS) is 19.2. The first kappa shape index (κ1) is 17.5. The van der Waals surface area contributed by atoms with Gasteiger partial charge in [0.15, 0.2) is 11.8 Å². The Bertz CT molecular complexity index is 768. The molecular weight excluding hydrogens is 318 g/mol. The van der Waals surface area contributed by atoms with Gasteiger partial charge in [-0.15, -0.1) is 0 Å². The topological polar surface area (TPSA) is 75.3 Å². The number of piperidine rings is 1. The van der Waals surface area contributed by atoms with Crippen molar-refractivity contribution in [2.75, 3.05) is 13.1 Å². The average Bonchev–Trinajstić information content (AvgIpc) is 3.03. The number of benzene rings is 1. The molecule has 1 N–H and O–H groups in total. The van der Waals surface area contributed by atoms with Crippen LogP contribution in [0.1, 0.15) is 44.1 Å². The lowest BCUT2D eigenvalue weighted by Gasteiger charge is -2.34. The van der Waals surface area contributed by atoms with E-state index in [-0.39, 0.29) is 17.5 Å². The molecule has 25 heavy (non-hydrogen) atoms. The summed E-state index contributed by atoms with van der Waals surface area (Å²) in [5.74, 6) is -0.278. The molecule has 0 aliphatic carbocycles. The van der Waals surface area contributed by atoms with Crippen molar-refractivity contribution in [3.05, 3.63) is 30.0 Å². The molecule has 0 unspecified atom stereocenters. The van der Waals surface area contributed by atoms with Gasteiger partial charge in [0.2, 0.25) is 0 Å². The van der Waals surface area contributed by atoms with Gasteiger partial charge in [0.25, 0.3) is 5.91 Å². The molecule has 1 aromatic carbocycles. The van der Waals surface area contributed by atoms with Crippen molar-refractivity contribution >= 4 is 22.8 Å². The second-order valence-electron chi connectivity index (χ2n) is 7.22. The molecule has 6 heteroatoms. The first-order chi connectivity index (χ1) is 12.0. The summed E-state index contributed by atoms with van der Waals surface area (Å²) in [5.41, 5.74) is 0.993. The third-order valence-corrected chi connectivity index (χ3v) is 4.72. The van der Waals surface area contributed by atoms with E-state index >= 15 is 0 Å². The SMILES string of the molecule is CC(C)[C@H](OC(=O)c1n[nH]c2ccccc12)C(=O)N1CCC[C@@H](C)C1. The van der Waals surface area contributed by atoms with E-state index in [9.17, 15) is 9.59 Å². The molecular formula is C19H25N3O3. The number of aromatic nitrogens is 2. The highest BCUT2D eigenvalue weighted by molar-refractivity contribution is 6.02. The summed E-state index contributed by atoms with van der Waals surface area (Å²) in [5, 5.41) is 7.59. The van der Waals surface area contributed by atoms with Crippen molar-refractivity contribution in [3.8, 4) is 0 Å². The van der Waals surface area contributed by atoms with E-state index in [1.807, 2.05) is 43.0 Å². The van der Waals surface area contributed by atoms with Crippen LogP contribution in [0.15, 0.2) is 24.3 Å². The predicted octanol–water partition coefficient (Wildman–Crippen LogP) is 3.00. The molecule has 3 rings (SSSR count). The smallest absolute Gasteiger partial charge is 0.360 e. The fraction of sp³-hybridized carbons (Fsp3) is 0.526. The summed E-state index contributed by atoms with van der Waals surface area (Å²) in [6.07, 6.45) is 1.35. The number of nitrogens with one attached hydrogen (secondary N) is 1. The monoisotopic (exact) mass is 343 g/mol. The molecule has 0 saturated carbocycles. The Kier molecular flexibility index (Phi) is 5.06. The lowest BCUT2D eigenvalue weighted by atomic mass is 9.98. The van der Waals surface area contributed by atoms with Gasteiger partial charge in [-0.3, -0.25) is 9.89 Å². The van der Waals surface area contributed by atoms with Gasteiger partial charge in [-0.1, -0.05) is 39.0 Å². The number of amides is 1. The lowest BCUT2D eigenvalue weighted by Crippen LogP contribution is -2.47. The van der Waals surface area contributed by atoms with Crippen LogP contribution in [-0.4, -0.2) is 46.2 Å². The van der Waals surface area contributed by atoms with Gasteiger partial charge in [0.1, 0.15) is 0 Å². The molecule has 6 nitrogen and oxygen atoms in total. The van der Waals surface area contributed by atoms with E-state index in [4.69, 9.17) is 4.74 Å². The predicted molar refractivity (Wildman–Crippen MR) is 95.1 cm³/mol. The van der Waals surface area contributed by atoms with Crippen LogP contribution < -0.4 is 0 Å². The standard InChI is InChI=1S/C19H25N3O3/c1-12(2)17(18(23)22-10-6-7-13(3)11-22)25-19(24)16-14-8-4-5-9-15(14)20-21-16/h4-5,8-9,12-13,17H,6-7,10-11H2,1-3H3,(H,20,21)/t13-,17+/m1/s1. The van der Waals surface area contributed by atoms with E-state index in [2.05, 4.69) is 17.1 Å². The summed E-state index contributed by atoms with van der Waals surface area (Å²) >= 11 is 0. The summed E-state index contributed by atoms with van der Waals surface area (Å²) in [4.78, 5) is 27.3. The largest absolute Gasteiger partial charge is 0.447 e. The molecule has 1 saturated heterocycles. The summed E-state index contributed by atoms with van der Waals surface area (Å²) < 4.78 is 5.60. The van der Waals surface area contributed by atoms with Crippen molar-refractivity contribution in [2.24, 2.45) is 11.8 Å². The number of hydrogen-bond donors (Lipinski definition) is 1. The molecule has 0 bridgehead atoms. The number of likely N-dealkylation sites (tertiary alicyclic amines) is 1. The van der Waals surface area contributed by atoms with Crippen LogP contribution in [0.5, 0.6) is 0 Å². The van der Waals surface area contributed by atoms with Gasteiger partial charge in [-0.2, -0.15) is 5.10 Å². The van der Waals surface area contributed by atoms with Crippen molar-refractivity contribution in [1.29, 1.82) is 0 Å². The molecule has 0 spiro atoms. The third kappa shape index (κ3) is 3.67. The molecule has 2 atom stereocenters. The Morgan fingerprint density at radius 1 is 1.32 bits per heavy atom. The quantitative estimate of drug-likeness (QED) is 0.866. The highest BCUT2D eigenvalue weighted by atomic mass is 16.5. The zero-order valence-corrected chi connectivity index (χ0v) is 15.0. The molecule has 1 fully saturated rings. The van der Waals surface area contributed by atoms with Crippen molar-refractivity contribution in [2.45, 2.75) is 39.7 Å². The van der Waals surface area contributed by atoms with Crippen LogP contribution in [0.2, 0.25) is 0 Å². The number of carbonyl (C=O) groups excluding carboxylic acids is 2. The number of carbonyl (C=O) groups is 2. The number of ether oxygens (including phenoxy) is 1. The number of para-hydroxylation sites is 1. The highest BCUT2D eigenvalue weighted by Crippen LogP contribution is 2.21. The zero-order valence-electron chi connectivity index (χ0n) is 15.0. The van der Waals surface area contributed by atoms with Crippen molar-refractivity contribution < 1.29 is 14.3 Å². The van der Waals surface area contributed by atoms with Crippen LogP contribution >= 0.6 is 0 Å². The average molecular weight is 343 g/mol. The summed E-state index contributed by atoms with van der Waals surface area (Å²) in [7, 11) is 0. The Balaban J connectivity index is 1.77. The van der Waals surface area contributed by atoms with Crippen molar-refractivity contribution in [3.63, 3.8) is 0 Å². The highest BCUT2D eigenvalue weighted by Gasteiger charge is 2.33. The Morgan fingerprint density at radius 3 is 2.80 bits per heavy atom. The number of rotatable bonds is 4. The molecule has 1 amide bonds. The maximum absolute atomic E-state index is 12.9. The Labute approximate surface area is 147 Å². The molecule has 1 aliphatic rings. The first-order valence-electron chi connectivity index (χ1n) is 8.90. The number of fused-ring (bicyclic) bond motifs is 1. The van der Waals surface area contributed by atoms with E-state index in [0.717, 1.165) is 31.4 Å². The van der Waals surface area contributed by atoms with Crippen LogP contribution in [-0.2, 0) is 9.53 Å². The fourth-order valence-electron chi connectivity index (χ4n) is 3.33. The maximum atomic E-state index is 12.9. The molecule has 1 aromatic heterocycles. The number of esters is 1. The van der Waals surface area contributed by atoms with E-state index in [1.54, 1.807) is 0 Å². The second-order valence-corrected chi connectivity index (χ2v) is 7.22. The van der Waals surface area contributed by atoms with E-state index in [1.165, 1.54) is 0 Å². The molecule has 2 aromatic rings. The minimum Gasteiger partial charge on any atom is -0.447 e. The zero-order chi connectivity index (χ0) is 18.0.